The Morgan fingerprint density at radius 3 is 2.12 bits per heavy atom. The third kappa shape index (κ3) is 7.10. The number of hydrogen-bond donors (Lipinski definition) is 0. The van der Waals surface area contributed by atoms with Gasteiger partial charge in [-0.05, 0) is 20.8 Å². The van der Waals surface area contributed by atoms with E-state index < -0.39 is 24.5 Å². The zero-order chi connectivity index (χ0) is 13.3. The Hall–Kier alpha value is -1.85. The molecule has 0 aromatic rings. The average molecular weight is 244 g/mol. The molecule has 0 saturated heterocycles. The SMILES string of the molecule is CCOC(=O)COC(=O)/C=C(/C)C(=O)OCC. The molecule has 0 N–H and O–H groups in total. The molecule has 0 aromatic carbocycles. The fraction of sp³-hybridized carbons (Fsp3) is 0.545. The van der Waals surface area contributed by atoms with Crippen LogP contribution in [0, 0.1) is 0 Å². The number of hydrogen-bond acceptors (Lipinski definition) is 6. The highest BCUT2D eigenvalue weighted by molar-refractivity contribution is 5.96. The van der Waals surface area contributed by atoms with Gasteiger partial charge in [0.1, 0.15) is 0 Å². The maximum absolute atomic E-state index is 11.2. The molecule has 0 radical (unpaired) electrons. The highest BCUT2D eigenvalue weighted by atomic mass is 16.6. The fourth-order valence-electron chi connectivity index (χ4n) is 0.855. The normalized spacial score (nSPS) is 10.6. The quantitative estimate of drug-likeness (QED) is 0.387. The summed E-state index contributed by atoms with van der Waals surface area (Å²) in [5.74, 6) is -2.02. The van der Waals surface area contributed by atoms with Gasteiger partial charge in [0.2, 0.25) is 0 Å². The van der Waals surface area contributed by atoms with E-state index in [2.05, 4.69) is 14.2 Å². The van der Waals surface area contributed by atoms with Crippen molar-refractivity contribution < 1.29 is 28.6 Å². The van der Waals surface area contributed by atoms with Crippen LogP contribution >= 0.6 is 0 Å². The molecule has 0 saturated carbocycles. The van der Waals surface area contributed by atoms with Crippen LogP contribution in [-0.4, -0.2) is 37.7 Å². The molecule has 0 aromatic heterocycles. The molecule has 0 unspecified atom stereocenters. The molecular weight excluding hydrogens is 228 g/mol. The van der Waals surface area contributed by atoms with Gasteiger partial charge in [-0.15, -0.1) is 0 Å². The Bertz CT molecular complexity index is 318. The van der Waals surface area contributed by atoms with Crippen molar-refractivity contribution in [3.05, 3.63) is 11.6 Å². The van der Waals surface area contributed by atoms with Crippen molar-refractivity contribution in [1.82, 2.24) is 0 Å². The number of ether oxygens (including phenoxy) is 3. The van der Waals surface area contributed by atoms with Crippen LogP contribution in [0.4, 0.5) is 0 Å². The maximum Gasteiger partial charge on any atom is 0.344 e. The van der Waals surface area contributed by atoms with E-state index in [0.717, 1.165) is 6.08 Å². The monoisotopic (exact) mass is 244 g/mol. The molecule has 0 heterocycles. The molecule has 6 heteroatoms. The van der Waals surface area contributed by atoms with E-state index in [4.69, 9.17) is 0 Å². The van der Waals surface area contributed by atoms with E-state index in [-0.39, 0.29) is 18.8 Å². The van der Waals surface area contributed by atoms with Gasteiger partial charge in [-0.25, -0.2) is 14.4 Å². The number of carbonyl (C=O) groups is 3. The lowest BCUT2D eigenvalue weighted by Crippen LogP contribution is -2.16. The predicted octanol–water partition coefficient (Wildman–Crippen LogP) is 0.602. The Labute approximate surface area is 99.5 Å². The average Bonchev–Trinajstić information content (AvgIpc) is 2.27. The molecule has 17 heavy (non-hydrogen) atoms. The second-order valence-corrected chi connectivity index (χ2v) is 2.96. The van der Waals surface area contributed by atoms with Crippen LogP contribution in [0.25, 0.3) is 0 Å². The molecule has 0 spiro atoms. The fourth-order valence-corrected chi connectivity index (χ4v) is 0.855. The summed E-state index contributed by atoms with van der Waals surface area (Å²) in [6, 6.07) is 0. The van der Waals surface area contributed by atoms with Gasteiger partial charge in [0.05, 0.1) is 13.2 Å². The van der Waals surface area contributed by atoms with Gasteiger partial charge in [0, 0.05) is 11.6 Å². The van der Waals surface area contributed by atoms with Crippen molar-refractivity contribution in [2.45, 2.75) is 20.8 Å². The lowest BCUT2D eigenvalue weighted by molar-refractivity contribution is -0.155. The van der Waals surface area contributed by atoms with Crippen LogP contribution < -0.4 is 0 Å². The lowest BCUT2D eigenvalue weighted by Gasteiger charge is -2.03. The minimum atomic E-state index is -0.788. The summed E-state index contributed by atoms with van der Waals surface area (Å²) in [5.41, 5.74) is 0.112. The summed E-state index contributed by atoms with van der Waals surface area (Å²) < 4.78 is 13.8. The highest BCUT2D eigenvalue weighted by Gasteiger charge is 2.10. The Morgan fingerprint density at radius 1 is 1.00 bits per heavy atom. The van der Waals surface area contributed by atoms with Gasteiger partial charge in [-0.3, -0.25) is 0 Å². The lowest BCUT2D eigenvalue weighted by atomic mass is 10.3. The van der Waals surface area contributed by atoms with Crippen molar-refractivity contribution in [2.24, 2.45) is 0 Å². The minimum absolute atomic E-state index is 0.112. The Morgan fingerprint density at radius 2 is 1.59 bits per heavy atom. The standard InChI is InChI=1S/C11H16O6/c1-4-15-10(13)7-17-9(12)6-8(3)11(14)16-5-2/h6H,4-5,7H2,1-3H3/b8-6-. The van der Waals surface area contributed by atoms with Crippen LogP contribution in [0.5, 0.6) is 0 Å². The van der Waals surface area contributed by atoms with Gasteiger partial charge >= 0.3 is 17.9 Å². The van der Waals surface area contributed by atoms with Crippen molar-refractivity contribution in [3.8, 4) is 0 Å². The first-order valence-electron chi connectivity index (χ1n) is 5.19. The van der Waals surface area contributed by atoms with Gasteiger partial charge in [-0.1, -0.05) is 0 Å². The zero-order valence-corrected chi connectivity index (χ0v) is 10.1. The zero-order valence-electron chi connectivity index (χ0n) is 10.1. The van der Waals surface area contributed by atoms with Crippen LogP contribution in [0.15, 0.2) is 11.6 Å². The Kier molecular flexibility index (Phi) is 7.41. The first-order valence-corrected chi connectivity index (χ1v) is 5.19. The van der Waals surface area contributed by atoms with E-state index in [9.17, 15) is 14.4 Å². The van der Waals surface area contributed by atoms with Crippen LogP contribution in [-0.2, 0) is 28.6 Å². The molecule has 0 bridgehead atoms. The van der Waals surface area contributed by atoms with Crippen LogP contribution in [0.2, 0.25) is 0 Å². The summed E-state index contributed by atoms with van der Waals surface area (Å²) in [6.45, 7) is 4.69. The molecule has 0 aliphatic rings. The van der Waals surface area contributed by atoms with Gasteiger partial charge in [0.25, 0.3) is 0 Å². The summed E-state index contributed by atoms with van der Waals surface area (Å²) in [7, 11) is 0. The molecule has 0 rings (SSSR count). The van der Waals surface area contributed by atoms with Crippen LogP contribution in [0.1, 0.15) is 20.8 Å². The third-order valence-corrected chi connectivity index (χ3v) is 1.57. The molecule has 0 amide bonds. The summed E-state index contributed by atoms with van der Waals surface area (Å²) in [5, 5.41) is 0. The van der Waals surface area contributed by atoms with Crippen molar-refractivity contribution in [1.29, 1.82) is 0 Å². The molecule has 0 fully saturated rings. The maximum atomic E-state index is 11.2. The van der Waals surface area contributed by atoms with Gasteiger partial charge < -0.3 is 14.2 Å². The van der Waals surface area contributed by atoms with Crippen molar-refractivity contribution in [3.63, 3.8) is 0 Å². The van der Waals surface area contributed by atoms with Crippen molar-refractivity contribution in [2.75, 3.05) is 19.8 Å². The smallest absolute Gasteiger partial charge is 0.344 e. The molecular formula is C11H16O6. The van der Waals surface area contributed by atoms with E-state index in [1.54, 1.807) is 13.8 Å². The largest absolute Gasteiger partial charge is 0.463 e. The van der Waals surface area contributed by atoms with E-state index >= 15 is 0 Å². The number of esters is 3. The first kappa shape index (κ1) is 15.2. The second-order valence-electron chi connectivity index (χ2n) is 2.96. The van der Waals surface area contributed by atoms with Gasteiger partial charge in [0.15, 0.2) is 6.61 Å². The topological polar surface area (TPSA) is 78.9 Å². The molecule has 96 valence electrons. The first-order chi connectivity index (χ1) is 8.01. The molecule has 0 aliphatic carbocycles. The van der Waals surface area contributed by atoms with E-state index in [1.807, 2.05) is 0 Å². The summed E-state index contributed by atoms with van der Waals surface area (Å²) >= 11 is 0. The highest BCUT2D eigenvalue weighted by Crippen LogP contribution is 1.97. The minimum Gasteiger partial charge on any atom is -0.463 e. The second kappa shape index (κ2) is 8.32. The van der Waals surface area contributed by atoms with Gasteiger partial charge in [-0.2, -0.15) is 0 Å². The van der Waals surface area contributed by atoms with E-state index in [0.29, 0.717) is 0 Å². The predicted molar refractivity (Wildman–Crippen MR) is 58.0 cm³/mol. The summed E-state index contributed by atoms with van der Waals surface area (Å²) in [6.07, 6.45) is 0.969. The molecule has 6 nitrogen and oxygen atoms in total. The number of carbonyl (C=O) groups excluding carboxylic acids is 3. The van der Waals surface area contributed by atoms with E-state index in [1.165, 1.54) is 6.92 Å². The van der Waals surface area contributed by atoms with Crippen molar-refractivity contribution >= 4 is 17.9 Å². The molecule has 0 aliphatic heterocycles. The number of rotatable bonds is 6. The third-order valence-electron chi connectivity index (χ3n) is 1.57. The van der Waals surface area contributed by atoms with Crippen LogP contribution in [0.3, 0.4) is 0 Å². The summed E-state index contributed by atoms with van der Waals surface area (Å²) in [4.78, 5) is 33.1. The Balaban J connectivity index is 4.11. The molecule has 0 atom stereocenters.